The molecule has 0 bridgehead atoms. The van der Waals surface area contributed by atoms with Crippen LogP contribution in [0.5, 0.6) is 0 Å². The van der Waals surface area contributed by atoms with E-state index in [0.717, 1.165) is 11.3 Å². The number of benzene rings is 1. The molecule has 2 rings (SSSR count). The van der Waals surface area contributed by atoms with E-state index in [1.165, 1.54) is 0 Å². The lowest BCUT2D eigenvalue weighted by Gasteiger charge is -2.09. The molecule has 0 atom stereocenters. The second-order valence-electron chi connectivity index (χ2n) is 3.51. The van der Waals surface area contributed by atoms with E-state index in [-0.39, 0.29) is 5.95 Å². The first-order valence-electron chi connectivity index (χ1n) is 4.87. The average molecular weight is 269 g/mol. The molecule has 1 heterocycles. The smallest absolute Gasteiger partial charge is 0.221 e. The van der Waals surface area contributed by atoms with Crippen molar-refractivity contribution in [3.8, 4) is 0 Å². The summed E-state index contributed by atoms with van der Waals surface area (Å²) in [6.45, 7) is 1.89. The number of nitrogens with two attached hydrogens (primary N) is 1. The summed E-state index contributed by atoms with van der Waals surface area (Å²) in [5.74, 6) is 0.869. The van der Waals surface area contributed by atoms with E-state index in [1.807, 2.05) is 13.0 Å². The van der Waals surface area contributed by atoms with Gasteiger partial charge in [-0.2, -0.15) is 4.98 Å². The van der Waals surface area contributed by atoms with Crippen LogP contribution in [0.4, 0.5) is 17.5 Å². The topological polar surface area (TPSA) is 63.8 Å². The molecule has 0 aliphatic carbocycles. The second-order valence-corrected chi connectivity index (χ2v) is 4.33. The van der Waals surface area contributed by atoms with Crippen molar-refractivity contribution in [3.63, 3.8) is 0 Å². The second kappa shape index (κ2) is 4.77. The summed E-state index contributed by atoms with van der Waals surface area (Å²) >= 11 is 11.8. The largest absolute Gasteiger partial charge is 0.368 e. The number of hydrogen-bond donors (Lipinski definition) is 2. The normalized spacial score (nSPS) is 10.3. The lowest BCUT2D eigenvalue weighted by Crippen LogP contribution is -2.01. The summed E-state index contributed by atoms with van der Waals surface area (Å²) in [4.78, 5) is 7.99. The van der Waals surface area contributed by atoms with Crippen LogP contribution in [0, 0.1) is 6.92 Å². The first kappa shape index (κ1) is 12.0. The van der Waals surface area contributed by atoms with Crippen LogP contribution in [-0.2, 0) is 0 Å². The van der Waals surface area contributed by atoms with Gasteiger partial charge in [0, 0.05) is 17.4 Å². The molecule has 6 heteroatoms. The zero-order valence-electron chi connectivity index (χ0n) is 9.04. The molecular formula is C11H10Cl2N4. The minimum absolute atomic E-state index is 0.221. The number of aryl methyl sites for hydroxylation is 1. The Morgan fingerprint density at radius 1 is 1.24 bits per heavy atom. The number of halogens is 2. The van der Waals surface area contributed by atoms with Gasteiger partial charge in [0.15, 0.2) is 0 Å². The van der Waals surface area contributed by atoms with E-state index < -0.39 is 0 Å². The van der Waals surface area contributed by atoms with Crippen molar-refractivity contribution in [1.29, 1.82) is 0 Å². The van der Waals surface area contributed by atoms with Crippen LogP contribution in [0.1, 0.15) is 5.56 Å². The van der Waals surface area contributed by atoms with Gasteiger partial charge in [0.2, 0.25) is 5.95 Å². The average Bonchev–Trinajstić information content (AvgIpc) is 2.29. The molecule has 17 heavy (non-hydrogen) atoms. The minimum Gasteiger partial charge on any atom is -0.368 e. The van der Waals surface area contributed by atoms with E-state index >= 15 is 0 Å². The molecule has 88 valence electrons. The van der Waals surface area contributed by atoms with E-state index in [9.17, 15) is 0 Å². The van der Waals surface area contributed by atoms with Gasteiger partial charge in [-0.1, -0.05) is 23.2 Å². The number of rotatable bonds is 2. The molecule has 4 nitrogen and oxygen atoms in total. The fourth-order valence-electron chi connectivity index (χ4n) is 1.29. The van der Waals surface area contributed by atoms with Gasteiger partial charge in [0.1, 0.15) is 5.82 Å². The van der Waals surface area contributed by atoms with E-state index in [4.69, 9.17) is 28.9 Å². The van der Waals surface area contributed by atoms with Crippen molar-refractivity contribution < 1.29 is 0 Å². The predicted molar refractivity (Wildman–Crippen MR) is 70.9 cm³/mol. The number of aromatic nitrogens is 2. The molecule has 0 radical (unpaired) electrons. The van der Waals surface area contributed by atoms with Crippen LogP contribution >= 0.6 is 23.2 Å². The monoisotopic (exact) mass is 268 g/mol. The summed E-state index contributed by atoms with van der Waals surface area (Å²) < 4.78 is 0. The van der Waals surface area contributed by atoms with Crippen molar-refractivity contribution in [3.05, 3.63) is 40.0 Å². The standard InChI is InChI=1S/C11H10Cl2N4/c1-6-5-15-11(14)17-10(6)16-7-2-3-8(12)9(13)4-7/h2-5H,1H3,(H3,14,15,16,17). The molecule has 2 aromatic rings. The van der Waals surface area contributed by atoms with Crippen LogP contribution in [0.3, 0.4) is 0 Å². The molecule has 0 saturated carbocycles. The molecule has 0 amide bonds. The highest BCUT2D eigenvalue weighted by molar-refractivity contribution is 6.42. The van der Waals surface area contributed by atoms with Crippen molar-refractivity contribution in [1.82, 2.24) is 9.97 Å². The highest BCUT2D eigenvalue weighted by Gasteiger charge is 2.04. The van der Waals surface area contributed by atoms with E-state index in [0.29, 0.717) is 15.9 Å². The third-order valence-electron chi connectivity index (χ3n) is 2.17. The van der Waals surface area contributed by atoms with Crippen molar-refractivity contribution >= 4 is 40.7 Å². The summed E-state index contributed by atoms with van der Waals surface area (Å²) in [6, 6.07) is 5.25. The first-order chi connectivity index (χ1) is 8.06. The molecule has 0 aliphatic rings. The maximum atomic E-state index is 5.92. The minimum atomic E-state index is 0.221. The number of anilines is 3. The van der Waals surface area contributed by atoms with Gasteiger partial charge >= 0.3 is 0 Å². The van der Waals surface area contributed by atoms with Crippen LogP contribution in [-0.4, -0.2) is 9.97 Å². The Morgan fingerprint density at radius 2 is 2.00 bits per heavy atom. The highest BCUT2D eigenvalue weighted by Crippen LogP contribution is 2.27. The Morgan fingerprint density at radius 3 is 2.71 bits per heavy atom. The van der Waals surface area contributed by atoms with Gasteiger partial charge in [-0.25, -0.2) is 4.98 Å². The van der Waals surface area contributed by atoms with Crippen LogP contribution in [0.15, 0.2) is 24.4 Å². The molecule has 0 spiro atoms. The van der Waals surface area contributed by atoms with E-state index in [1.54, 1.807) is 18.3 Å². The third-order valence-corrected chi connectivity index (χ3v) is 2.91. The highest BCUT2D eigenvalue weighted by atomic mass is 35.5. The molecule has 0 fully saturated rings. The predicted octanol–water partition coefficient (Wildman–Crippen LogP) is 3.42. The van der Waals surface area contributed by atoms with Gasteiger partial charge in [-0.15, -0.1) is 0 Å². The zero-order chi connectivity index (χ0) is 12.4. The molecular weight excluding hydrogens is 259 g/mol. The maximum Gasteiger partial charge on any atom is 0.221 e. The summed E-state index contributed by atoms with van der Waals surface area (Å²) in [5.41, 5.74) is 7.21. The summed E-state index contributed by atoms with van der Waals surface area (Å²) in [6.07, 6.45) is 1.65. The van der Waals surface area contributed by atoms with E-state index in [2.05, 4.69) is 15.3 Å². The molecule has 1 aromatic heterocycles. The number of nitrogens with zero attached hydrogens (tertiary/aromatic N) is 2. The van der Waals surface area contributed by atoms with Gasteiger partial charge in [-0.05, 0) is 25.1 Å². The molecule has 1 aromatic carbocycles. The Balaban J connectivity index is 2.31. The maximum absolute atomic E-state index is 5.92. The first-order valence-corrected chi connectivity index (χ1v) is 5.63. The van der Waals surface area contributed by atoms with Crippen LogP contribution < -0.4 is 11.1 Å². The van der Waals surface area contributed by atoms with Crippen molar-refractivity contribution in [2.24, 2.45) is 0 Å². The number of nitrogen functional groups attached to an aromatic ring is 1. The molecule has 0 unspecified atom stereocenters. The van der Waals surface area contributed by atoms with Gasteiger partial charge in [0.05, 0.1) is 10.0 Å². The molecule has 0 aliphatic heterocycles. The Hall–Kier alpha value is -1.52. The van der Waals surface area contributed by atoms with Gasteiger partial charge in [0.25, 0.3) is 0 Å². The third kappa shape index (κ3) is 2.78. The summed E-state index contributed by atoms with van der Waals surface area (Å²) in [5, 5.41) is 4.10. The fraction of sp³-hybridized carbons (Fsp3) is 0.0909. The number of nitrogens with one attached hydrogen (secondary N) is 1. The quantitative estimate of drug-likeness (QED) is 0.876. The fourth-order valence-corrected chi connectivity index (χ4v) is 1.59. The van der Waals surface area contributed by atoms with Crippen LogP contribution in [0.2, 0.25) is 10.0 Å². The Bertz CT molecular complexity index is 557. The summed E-state index contributed by atoms with van der Waals surface area (Å²) in [7, 11) is 0. The van der Waals surface area contributed by atoms with Gasteiger partial charge < -0.3 is 11.1 Å². The Labute approximate surface area is 109 Å². The number of hydrogen-bond acceptors (Lipinski definition) is 4. The SMILES string of the molecule is Cc1cnc(N)nc1Nc1ccc(Cl)c(Cl)c1. The van der Waals surface area contributed by atoms with Gasteiger partial charge in [-0.3, -0.25) is 0 Å². The van der Waals surface area contributed by atoms with Crippen molar-refractivity contribution in [2.75, 3.05) is 11.1 Å². The lowest BCUT2D eigenvalue weighted by molar-refractivity contribution is 1.15. The zero-order valence-corrected chi connectivity index (χ0v) is 10.5. The molecule has 3 N–H and O–H groups in total. The lowest BCUT2D eigenvalue weighted by atomic mass is 10.3. The Kier molecular flexibility index (Phi) is 3.36. The van der Waals surface area contributed by atoms with Crippen LogP contribution in [0.25, 0.3) is 0 Å². The van der Waals surface area contributed by atoms with Crippen molar-refractivity contribution in [2.45, 2.75) is 6.92 Å². The molecule has 0 saturated heterocycles.